The Morgan fingerprint density at radius 3 is 2.89 bits per heavy atom. The van der Waals surface area contributed by atoms with Gasteiger partial charge in [0.1, 0.15) is 0 Å². The maximum absolute atomic E-state index is 11.7. The van der Waals surface area contributed by atoms with E-state index in [1.165, 1.54) is 0 Å². The SMILES string of the molecule is CNC(=O)C(C)(C)CNc1cc2[nH]ncc2cc1N. The number of carbonyl (C=O) groups excluding carboxylic acids is 1. The zero-order chi connectivity index (χ0) is 14.0. The molecular formula is C13H19N5O. The summed E-state index contributed by atoms with van der Waals surface area (Å²) < 4.78 is 0. The highest BCUT2D eigenvalue weighted by Gasteiger charge is 2.26. The molecule has 0 aliphatic rings. The molecule has 1 amide bonds. The molecular weight excluding hydrogens is 242 g/mol. The van der Waals surface area contributed by atoms with E-state index < -0.39 is 5.41 Å². The van der Waals surface area contributed by atoms with Gasteiger partial charge >= 0.3 is 0 Å². The lowest BCUT2D eigenvalue weighted by atomic mass is 9.92. The topological polar surface area (TPSA) is 95.8 Å². The van der Waals surface area contributed by atoms with Crippen molar-refractivity contribution < 1.29 is 4.79 Å². The molecule has 0 atom stereocenters. The summed E-state index contributed by atoms with van der Waals surface area (Å²) in [6.45, 7) is 4.25. The van der Waals surface area contributed by atoms with Gasteiger partial charge in [-0.25, -0.2) is 0 Å². The van der Waals surface area contributed by atoms with E-state index in [2.05, 4.69) is 20.8 Å². The fourth-order valence-corrected chi connectivity index (χ4v) is 1.90. The predicted octanol–water partition coefficient (Wildman–Crippen LogP) is 1.33. The minimum absolute atomic E-state index is 0.0128. The predicted molar refractivity (Wildman–Crippen MR) is 76.8 cm³/mol. The third-order valence-electron chi connectivity index (χ3n) is 3.17. The van der Waals surface area contributed by atoms with Gasteiger partial charge in [0.15, 0.2) is 0 Å². The Labute approximate surface area is 111 Å². The van der Waals surface area contributed by atoms with Crippen LogP contribution in [0.5, 0.6) is 0 Å². The van der Waals surface area contributed by atoms with E-state index in [9.17, 15) is 4.79 Å². The van der Waals surface area contributed by atoms with E-state index in [1.54, 1.807) is 13.2 Å². The summed E-state index contributed by atoms with van der Waals surface area (Å²) in [6.07, 6.45) is 1.73. The molecule has 0 aliphatic carbocycles. The van der Waals surface area contributed by atoms with Gasteiger partial charge in [-0.05, 0) is 26.0 Å². The number of nitrogens with zero attached hydrogens (tertiary/aromatic N) is 1. The molecule has 1 aromatic carbocycles. The molecule has 1 aromatic heterocycles. The van der Waals surface area contributed by atoms with Crippen molar-refractivity contribution in [1.29, 1.82) is 0 Å². The van der Waals surface area contributed by atoms with Crippen molar-refractivity contribution in [2.24, 2.45) is 5.41 Å². The summed E-state index contributed by atoms with van der Waals surface area (Å²) in [5.41, 5.74) is 7.82. The zero-order valence-electron chi connectivity index (χ0n) is 11.4. The van der Waals surface area contributed by atoms with Crippen LogP contribution >= 0.6 is 0 Å². The molecule has 19 heavy (non-hydrogen) atoms. The van der Waals surface area contributed by atoms with Crippen molar-refractivity contribution in [3.8, 4) is 0 Å². The molecule has 0 aliphatic heterocycles. The molecule has 5 N–H and O–H groups in total. The quantitative estimate of drug-likeness (QED) is 0.624. The van der Waals surface area contributed by atoms with Crippen molar-refractivity contribution in [2.75, 3.05) is 24.6 Å². The molecule has 6 heteroatoms. The maximum atomic E-state index is 11.7. The summed E-state index contributed by atoms with van der Waals surface area (Å²) in [5, 5.41) is 13.7. The normalized spacial score (nSPS) is 11.5. The number of benzene rings is 1. The third-order valence-corrected chi connectivity index (χ3v) is 3.17. The van der Waals surface area contributed by atoms with Gasteiger partial charge in [0.05, 0.1) is 28.5 Å². The van der Waals surface area contributed by atoms with Gasteiger partial charge in [0.25, 0.3) is 0 Å². The average Bonchev–Trinajstić information content (AvgIpc) is 2.81. The summed E-state index contributed by atoms with van der Waals surface area (Å²) in [6, 6.07) is 3.76. The van der Waals surface area contributed by atoms with Crippen LogP contribution in [0.25, 0.3) is 10.9 Å². The number of nitrogens with two attached hydrogens (primary N) is 1. The Hall–Kier alpha value is -2.24. The molecule has 0 saturated carbocycles. The van der Waals surface area contributed by atoms with E-state index in [0.717, 1.165) is 16.6 Å². The lowest BCUT2D eigenvalue weighted by Crippen LogP contribution is -2.39. The number of nitrogens with one attached hydrogen (secondary N) is 3. The molecule has 0 radical (unpaired) electrons. The number of hydrogen-bond acceptors (Lipinski definition) is 4. The van der Waals surface area contributed by atoms with Crippen molar-refractivity contribution >= 4 is 28.2 Å². The Morgan fingerprint density at radius 2 is 2.21 bits per heavy atom. The smallest absolute Gasteiger partial charge is 0.227 e. The molecule has 0 bridgehead atoms. The highest BCUT2D eigenvalue weighted by atomic mass is 16.2. The van der Waals surface area contributed by atoms with E-state index >= 15 is 0 Å². The van der Waals surface area contributed by atoms with Gasteiger partial charge in [0.2, 0.25) is 5.91 Å². The first kappa shape index (κ1) is 13.2. The van der Waals surface area contributed by atoms with Crippen LogP contribution in [-0.4, -0.2) is 29.7 Å². The maximum Gasteiger partial charge on any atom is 0.227 e. The van der Waals surface area contributed by atoms with Crippen LogP contribution in [0, 0.1) is 5.41 Å². The van der Waals surface area contributed by atoms with Crippen molar-refractivity contribution in [1.82, 2.24) is 15.5 Å². The fraction of sp³-hybridized carbons (Fsp3) is 0.385. The van der Waals surface area contributed by atoms with Crippen molar-refractivity contribution in [2.45, 2.75) is 13.8 Å². The van der Waals surface area contributed by atoms with Gasteiger partial charge in [-0.2, -0.15) is 5.10 Å². The minimum Gasteiger partial charge on any atom is -0.397 e. The van der Waals surface area contributed by atoms with E-state index in [4.69, 9.17) is 5.73 Å². The molecule has 0 spiro atoms. The standard InChI is InChI=1S/C13H19N5O/c1-13(2,12(19)15-3)7-16-11-5-10-8(4-9(11)14)6-17-18-10/h4-6,16H,7,14H2,1-3H3,(H,15,19)(H,17,18). The summed E-state index contributed by atoms with van der Waals surface area (Å²) in [7, 11) is 1.63. The monoisotopic (exact) mass is 261 g/mol. The highest BCUT2D eigenvalue weighted by molar-refractivity contribution is 5.89. The fourth-order valence-electron chi connectivity index (χ4n) is 1.90. The summed E-state index contributed by atoms with van der Waals surface area (Å²) in [5.74, 6) is -0.0128. The molecule has 2 aromatic rings. The molecule has 2 rings (SSSR count). The first-order valence-electron chi connectivity index (χ1n) is 6.13. The van der Waals surface area contributed by atoms with E-state index in [-0.39, 0.29) is 5.91 Å². The Morgan fingerprint density at radius 1 is 1.47 bits per heavy atom. The first-order chi connectivity index (χ1) is 8.94. The second kappa shape index (κ2) is 4.79. The number of carbonyl (C=O) groups is 1. The van der Waals surface area contributed by atoms with Crippen LogP contribution in [0.3, 0.4) is 0 Å². The largest absolute Gasteiger partial charge is 0.397 e. The van der Waals surface area contributed by atoms with Crippen molar-refractivity contribution in [3.05, 3.63) is 18.3 Å². The molecule has 1 heterocycles. The molecule has 0 saturated heterocycles. The van der Waals surface area contributed by atoms with Crippen LogP contribution in [0.2, 0.25) is 0 Å². The number of rotatable bonds is 4. The Balaban J connectivity index is 2.17. The lowest BCUT2D eigenvalue weighted by molar-refractivity contribution is -0.128. The molecule has 0 unspecified atom stereocenters. The number of nitrogen functional groups attached to an aromatic ring is 1. The van der Waals surface area contributed by atoms with Gasteiger partial charge in [-0.1, -0.05) is 0 Å². The van der Waals surface area contributed by atoms with Gasteiger partial charge in [-0.3, -0.25) is 9.89 Å². The van der Waals surface area contributed by atoms with Gasteiger partial charge in [-0.15, -0.1) is 0 Å². The van der Waals surface area contributed by atoms with Gasteiger partial charge < -0.3 is 16.4 Å². The third kappa shape index (κ3) is 2.62. The summed E-state index contributed by atoms with van der Waals surface area (Å²) in [4.78, 5) is 11.7. The Kier molecular flexibility index (Phi) is 3.33. The summed E-state index contributed by atoms with van der Waals surface area (Å²) >= 11 is 0. The molecule has 0 fully saturated rings. The van der Waals surface area contributed by atoms with Crippen LogP contribution in [-0.2, 0) is 4.79 Å². The molecule has 6 nitrogen and oxygen atoms in total. The van der Waals surface area contributed by atoms with Crippen LogP contribution < -0.4 is 16.4 Å². The number of aromatic nitrogens is 2. The highest BCUT2D eigenvalue weighted by Crippen LogP contribution is 2.26. The number of hydrogen-bond donors (Lipinski definition) is 4. The second-order valence-corrected chi connectivity index (χ2v) is 5.21. The molecule has 102 valence electrons. The number of H-pyrrole nitrogens is 1. The average molecular weight is 261 g/mol. The second-order valence-electron chi connectivity index (χ2n) is 5.21. The van der Waals surface area contributed by atoms with Crippen LogP contribution in [0.15, 0.2) is 18.3 Å². The first-order valence-corrected chi connectivity index (χ1v) is 6.13. The van der Waals surface area contributed by atoms with Crippen molar-refractivity contribution in [3.63, 3.8) is 0 Å². The lowest BCUT2D eigenvalue weighted by Gasteiger charge is -2.24. The number of amides is 1. The zero-order valence-corrected chi connectivity index (χ0v) is 11.4. The number of aromatic amines is 1. The van der Waals surface area contributed by atoms with E-state index in [1.807, 2.05) is 26.0 Å². The van der Waals surface area contributed by atoms with E-state index in [0.29, 0.717) is 12.2 Å². The van der Waals surface area contributed by atoms with Crippen LogP contribution in [0.4, 0.5) is 11.4 Å². The number of fused-ring (bicyclic) bond motifs is 1. The number of anilines is 2. The Bertz CT molecular complexity index is 602. The van der Waals surface area contributed by atoms with Crippen LogP contribution in [0.1, 0.15) is 13.8 Å². The van der Waals surface area contributed by atoms with Gasteiger partial charge in [0, 0.05) is 19.0 Å². The minimum atomic E-state index is -0.510.